The van der Waals surface area contributed by atoms with E-state index in [0.717, 1.165) is 18.8 Å². The van der Waals surface area contributed by atoms with Gasteiger partial charge in [-0.1, -0.05) is 12.1 Å². The van der Waals surface area contributed by atoms with Crippen molar-refractivity contribution in [1.82, 2.24) is 0 Å². The lowest BCUT2D eigenvalue weighted by molar-refractivity contribution is -0.119. The average Bonchev–Trinajstić information content (AvgIpc) is 2.77. The van der Waals surface area contributed by atoms with Crippen LogP contribution < -0.4 is 15.5 Å². The predicted octanol–water partition coefficient (Wildman–Crippen LogP) is 1.72. The Labute approximate surface area is 169 Å². The Morgan fingerprint density at radius 3 is 2.52 bits per heavy atom. The van der Waals surface area contributed by atoms with Gasteiger partial charge in [-0.15, -0.1) is 0 Å². The molecule has 0 bridgehead atoms. The van der Waals surface area contributed by atoms with Gasteiger partial charge in [0, 0.05) is 36.7 Å². The SMILES string of the molecule is O=C(COC(=O)c1ccccc1NCCO)Nc1ccc(N2CCOCC2)cc1. The highest BCUT2D eigenvalue weighted by Gasteiger charge is 2.15. The fraction of sp³-hybridized carbons (Fsp3) is 0.333. The van der Waals surface area contributed by atoms with Crippen molar-refractivity contribution in [2.45, 2.75) is 0 Å². The molecule has 29 heavy (non-hydrogen) atoms. The number of rotatable bonds is 8. The first-order chi connectivity index (χ1) is 14.2. The number of morpholine rings is 1. The van der Waals surface area contributed by atoms with Crippen molar-refractivity contribution in [2.24, 2.45) is 0 Å². The van der Waals surface area contributed by atoms with Crippen molar-refractivity contribution in [3.8, 4) is 0 Å². The number of benzene rings is 2. The molecule has 0 atom stereocenters. The van der Waals surface area contributed by atoms with Crippen LogP contribution >= 0.6 is 0 Å². The zero-order valence-corrected chi connectivity index (χ0v) is 16.1. The predicted molar refractivity (Wildman–Crippen MR) is 110 cm³/mol. The van der Waals surface area contributed by atoms with Crippen LogP contribution in [0.15, 0.2) is 48.5 Å². The van der Waals surface area contributed by atoms with Crippen LogP contribution in [0, 0.1) is 0 Å². The van der Waals surface area contributed by atoms with Gasteiger partial charge in [-0.3, -0.25) is 4.79 Å². The van der Waals surface area contributed by atoms with Crippen LogP contribution in [0.2, 0.25) is 0 Å². The van der Waals surface area contributed by atoms with Gasteiger partial charge in [0.2, 0.25) is 0 Å². The Morgan fingerprint density at radius 2 is 1.79 bits per heavy atom. The van der Waals surface area contributed by atoms with Crippen LogP contribution in [0.4, 0.5) is 17.1 Å². The van der Waals surface area contributed by atoms with Crippen LogP contribution in [0.3, 0.4) is 0 Å². The maximum absolute atomic E-state index is 12.3. The fourth-order valence-electron chi connectivity index (χ4n) is 2.99. The largest absolute Gasteiger partial charge is 0.452 e. The summed E-state index contributed by atoms with van der Waals surface area (Å²) < 4.78 is 10.5. The number of aliphatic hydroxyl groups excluding tert-OH is 1. The maximum atomic E-state index is 12.3. The molecular formula is C21H25N3O5. The Kier molecular flexibility index (Phi) is 7.43. The Balaban J connectivity index is 1.50. The first-order valence-electron chi connectivity index (χ1n) is 9.51. The van der Waals surface area contributed by atoms with Crippen molar-refractivity contribution >= 4 is 28.9 Å². The number of hydrogen-bond acceptors (Lipinski definition) is 7. The molecule has 1 heterocycles. The highest BCUT2D eigenvalue weighted by molar-refractivity contribution is 5.98. The van der Waals surface area contributed by atoms with E-state index in [9.17, 15) is 9.59 Å². The second-order valence-electron chi connectivity index (χ2n) is 6.47. The number of anilines is 3. The lowest BCUT2D eigenvalue weighted by Crippen LogP contribution is -2.36. The van der Waals surface area contributed by atoms with Gasteiger partial charge in [0.15, 0.2) is 6.61 Å². The molecule has 2 aromatic carbocycles. The minimum absolute atomic E-state index is 0.0594. The van der Waals surface area contributed by atoms with Gasteiger partial charge in [0.1, 0.15) is 0 Å². The van der Waals surface area contributed by atoms with Crippen LogP contribution in [-0.2, 0) is 14.3 Å². The van der Waals surface area contributed by atoms with E-state index in [4.69, 9.17) is 14.6 Å². The van der Waals surface area contributed by atoms with Crippen LogP contribution in [-0.4, -0.2) is 63.0 Å². The number of hydrogen-bond donors (Lipinski definition) is 3. The molecule has 0 saturated carbocycles. The molecule has 0 aliphatic carbocycles. The number of para-hydroxylation sites is 1. The smallest absolute Gasteiger partial charge is 0.340 e. The van der Waals surface area contributed by atoms with Gasteiger partial charge in [-0.05, 0) is 36.4 Å². The molecule has 3 N–H and O–H groups in total. The molecule has 1 amide bonds. The van der Waals surface area contributed by atoms with E-state index < -0.39 is 18.5 Å². The number of ether oxygens (including phenoxy) is 2. The quantitative estimate of drug-likeness (QED) is 0.581. The molecule has 154 valence electrons. The number of amides is 1. The standard InChI is InChI=1S/C21H25N3O5/c25-12-9-22-19-4-2-1-3-18(19)21(27)29-15-20(26)23-16-5-7-17(8-6-16)24-10-13-28-14-11-24/h1-8,22,25H,9-15H2,(H,23,26). The molecule has 0 spiro atoms. The van der Waals surface area contributed by atoms with E-state index >= 15 is 0 Å². The molecule has 8 heteroatoms. The second-order valence-corrected chi connectivity index (χ2v) is 6.47. The molecule has 8 nitrogen and oxygen atoms in total. The zero-order valence-electron chi connectivity index (χ0n) is 16.1. The summed E-state index contributed by atoms with van der Waals surface area (Å²) in [6, 6.07) is 14.3. The van der Waals surface area contributed by atoms with Gasteiger partial charge in [-0.2, -0.15) is 0 Å². The Bertz CT molecular complexity index is 819. The van der Waals surface area contributed by atoms with Crippen molar-refractivity contribution in [3.63, 3.8) is 0 Å². The van der Waals surface area contributed by atoms with Gasteiger partial charge in [-0.25, -0.2) is 4.79 Å². The van der Waals surface area contributed by atoms with Crippen LogP contribution in [0.25, 0.3) is 0 Å². The van der Waals surface area contributed by atoms with E-state index in [1.807, 2.05) is 24.3 Å². The molecule has 0 radical (unpaired) electrons. The Hall–Kier alpha value is -3.10. The number of aliphatic hydroxyl groups is 1. The summed E-state index contributed by atoms with van der Waals surface area (Å²) in [6.45, 7) is 2.97. The summed E-state index contributed by atoms with van der Waals surface area (Å²) >= 11 is 0. The van der Waals surface area contributed by atoms with Gasteiger partial charge in [0.05, 0.1) is 25.4 Å². The molecule has 1 aliphatic rings. The monoisotopic (exact) mass is 399 g/mol. The second kappa shape index (κ2) is 10.4. The van der Waals surface area contributed by atoms with Crippen LogP contribution in [0.5, 0.6) is 0 Å². The molecule has 3 rings (SSSR count). The number of nitrogens with one attached hydrogen (secondary N) is 2. The normalized spacial score (nSPS) is 13.6. The van der Waals surface area contributed by atoms with Crippen molar-refractivity contribution in [1.29, 1.82) is 0 Å². The number of esters is 1. The first-order valence-corrected chi connectivity index (χ1v) is 9.51. The van der Waals surface area contributed by atoms with Crippen molar-refractivity contribution < 1.29 is 24.2 Å². The van der Waals surface area contributed by atoms with E-state index in [1.54, 1.807) is 24.3 Å². The van der Waals surface area contributed by atoms with Crippen molar-refractivity contribution in [3.05, 3.63) is 54.1 Å². The average molecular weight is 399 g/mol. The zero-order chi connectivity index (χ0) is 20.5. The third-order valence-corrected chi connectivity index (χ3v) is 4.44. The molecule has 0 unspecified atom stereocenters. The summed E-state index contributed by atoms with van der Waals surface area (Å²) in [7, 11) is 0. The van der Waals surface area contributed by atoms with Gasteiger partial charge >= 0.3 is 5.97 Å². The number of carbonyl (C=O) groups is 2. The third-order valence-electron chi connectivity index (χ3n) is 4.44. The molecule has 1 fully saturated rings. The topological polar surface area (TPSA) is 100 Å². The van der Waals surface area contributed by atoms with E-state index in [-0.39, 0.29) is 6.61 Å². The summed E-state index contributed by atoms with van der Waals surface area (Å²) in [5.41, 5.74) is 2.56. The van der Waals surface area contributed by atoms with Gasteiger partial charge in [0.25, 0.3) is 5.91 Å². The number of carbonyl (C=O) groups excluding carboxylic acids is 2. The minimum Gasteiger partial charge on any atom is -0.452 e. The third kappa shape index (κ3) is 5.94. The summed E-state index contributed by atoms with van der Waals surface area (Å²) in [6.07, 6.45) is 0. The minimum atomic E-state index is -0.608. The van der Waals surface area contributed by atoms with E-state index in [2.05, 4.69) is 15.5 Å². The summed E-state index contributed by atoms with van der Waals surface area (Å²) in [4.78, 5) is 26.6. The summed E-state index contributed by atoms with van der Waals surface area (Å²) in [5, 5.41) is 14.6. The van der Waals surface area contributed by atoms with Crippen molar-refractivity contribution in [2.75, 3.05) is 61.6 Å². The molecule has 2 aromatic rings. The molecule has 1 aliphatic heterocycles. The lowest BCUT2D eigenvalue weighted by atomic mass is 10.2. The number of nitrogens with zero attached hydrogens (tertiary/aromatic N) is 1. The lowest BCUT2D eigenvalue weighted by Gasteiger charge is -2.28. The maximum Gasteiger partial charge on any atom is 0.340 e. The highest BCUT2D eigenvalue weighted by atomic mass is 16.5. The van der Waals surface area contributed by atoms with E-state index in [0.29, 0.717) is 36.7 Å². The molecular weight excluding hydrogens is 374 g/mol. The summed E-state index contributed by atoms with van der Waals surface area (Å²) in [5.74, 6) is -1.03. The molecule has 1 saturated heterocycles. The first kappa shape index (κ1) is 20.6. The Morgan fingerprint density at radius 1 is 1.07 bits per heavy atom. The van der Waals surface area contributed by atoms with E-state index in [1.165, 1.54) is 0 Å². The van der Waals surface area contributed by atoms with Crippen LogP contribution in [0.1, 0.15) is 10.4 Å². The highest BCUT2D eigenvalue weighted by Crippen LogP contribution is 2.19. The molecule has 0 aromatic heterocycles. The van der Waals surface area contributed by atoms with Gasteiger partial charge < -0.3 is 30.1 Å². The fourth-order valence-corrected chi connectivity index (χ4v) is 2.99.